The Bertz CT molecular complexity index is 713. The SMILES string of the molecule is CCc1ccccc1O[C@H](C)C(=O)Nc1cccc(C(N)=O)c1. The molecule has 5 nitrogen and oxygen atoms in total. The number of aryl methyl sites for hydroxylation is 1. The van der Waals surface area contributed by atoms with Gasteiger partial charge in [0, 0.05) is 11.3 Å². The number of hydrogen-bond donors (Lipinski definition) is 2. The summed E-state index contributed by atoms with van der Waals surface area (Å²) in [6, 6.07) is 14.1. The third-order valence-electron chi connectivity index (χ3n) is 3.44. The van der Waals surface area contributed by atoms with Crippen LogP contribution >= 0.6 is 0 Å². The fourth-order valence-electron chi connectivity index (χ4n) is 2.15. The monoisotopic (exact) mass is 312 g/mol. The molecule has 0 saturated heterocycles. The Balaban J connectivity index is 2.05. The fourth-order valence-corrected chi connectivity index (χ4v) is 2.15. The van der Waals surface area contributed by atoms with Crippen molar-refractivity contribution in [3.8, 4) is 5.75 Å². The van der Waals surface area contributed by atoms with Gasteiger partial charge < -0.3 is 15.8 Å². The molecule has 0 aliphatic carbocycles. The van der Waals surface area contributed by atoms with Crippen LogP contribution < -0.4 is 15.8 Å². The average Bonchev–Trinajstić information content (AvgIpc) is 2.55. The molecule has 0 saturated carbocycles. The Morgan fingerprint density at radius 2 is 1.91 bits per heavy atom. The maximum Gasteiger partial charge on any atom is 0.265 e. The van der Waals surface area contributed by atoms with Gasteiger partial charge in [-0.25, -0.2) is 0 Å². The number of carbonyl (C=O) groups excluding carboxylic acids is 2. The fraction of sp³-hybridized carbons (Fsp3) is 0.222. The van der Waals surface area contributed by atoms with E-state index in [0.29, 0.717) is 17.0 Å². The zero-order chi connectivity index (χ0) is 16.8. The van der Waals surface area contributed by atoms with E-state index >= 15 is 0 Å². The molecule has 0 radical (unpaired) electrons. The highest BCUT2D eigenvalue weighted by Gasteiger charge is 2.16. The first kappa shape index (κ1) is 16.5. The molecule has 0 aliphatic heterocycles. The van der Waals surface area contributed by atoms with Crippen LogP contribution in [0, 0.1) is 0 Å². The maximum atomic E-state index is 12.2. The summed E-state index contributed by atoms with van der Waals surface area (Å²) in [5.41, 5.74) is 7.12. The van der Waals surface area contributed by atoms with Gasteiger partial charge in [0.25, 0.3) is 5.91 Å². The summed E-state index contributed by atoms with van der Waals surface area (Å²) < 4.78 is 5.74. The van der Waals surface area contributed by atoms with Crippen molar-refractivity contribution in [3.63, 3.8) is 0 Å². The molecular weight excluding hydrogens is 292 g/mol. The van der Waals surface area contributed by atoms with Gasteiger partial charge in [-0.2, -0.15) is 0 Å². The van der Waals surface area contributed by atoms with E-state index in [4.69, 9.17) is 10.5 Å². The van der Waals surface area contributed by atoms with Crippen LogP contribution in [0.15, 0.2) is 48.5 Å². The van der Waals surface area contributed by atoms with E-state index in [2.05, 4.69) is 5.32 Å². The predicted octanol–water partition coefficient (Wildman–Crippen LogP) is 2.75. The topological polar surface area (TPSA) is 81.4 Å². The number of para-hydroxylation sites is 1. The minimum atomic E-state index is -0.667. The lowest BCUT2D eigenvalue weighted by molar-refractivity contribution is -0.122. The van der Waals surface area contributed by atoms with Crippen LogP contribution in [0.3, 0.4) is 0 Å². The standard InChI is InChI=1S/C18H20N2O3/c1-3-13-7-4-5-10-16(13)23-12(2)18(22)20-15-9-6-8-14(11-15)17(19)21/h4-12H,3H2,1-2H3,(H2,19,21)(H,20,22)/t12-/m1/s1. The second-order valence-corrected chi connectivity index (χ2v) is 5.16. The Morgan fingerprint density at radius 3 is 2.61 bits per heavy atom. The molecule has 2 rings (SSSR count). The Morgan fingerprint density at radius 1 is 1.17 bits per heavy atom. The van der Waals surface area contributed by atoms with Crippen LogP contribution in [-0.2, 0) is 11.2 Å². The summed E-state index contributed by atoms with van der Waals surface area (Å²) in [7, 11) is 0. The zero-order valence-electron chi connectivity index (χ0n) is 13.2. The lowest BCUT2D eigenvalue weighted by atomic mass is 10.1. The van der Waals surface area contributed by atoms with Crippen LogP contribution in [0.5, 0.6) is 5.75 Å². The minimum absolute atomic E-state index is 0.294. The van der Waals surface area contributed by atoms with Crippen molar-refractivity contribution in [1.29, 1.82) is 0 Å². The number of nitrogens with two attached hydrogens (primary N) is 1. The largest absolute Gasteiger partial charge is 0.481 e. The van der Waals surface area contributed by atoms with Crippen molar-refractivity contribution in [3.05, 3.63) is 59.7 Å². The summed E-state index contributed by atoms with van der Waals surface area (Å²) >= 11 is 0. The third-order valence-corrected chi connectivity index (χ3v) is 3.44. The number of ether oxygens (including phenoxy) is 1. The van der Waals surface area contributed by atoms with Crippen molar-refractivity contribution in [2.45, 2.75) is 26.4 Å². The van der Waals surface area contributed by atoms with Gasteiger partial charge in [0.1, 0.15) is 5.75 Å². The van der Waals surface area contributed by atoms with Crippen molar-refractivity contribution >= 4 is 17.5 Å². The molecule has 0 aromatic heterocycles. The van der Waals surface area contributed by atoms with Crippen molar-refractivity contribution in [2.24, 2.45) is 5.73 Å². The molecule has 0 spiro atoms. The zero-order valence-corrected chi connectivity index (χ0v) is 13.2. The second kappa shape index (κ2) is 7.45. The molecule has 0 fully saturated rings. The molecule has 0 bridgehead atoms. The Hall–Kier alpha value is -2.82. The molecule has 2 aromatic rings. The highest BCUT2D eigenvalue weighted by molar-refractivity contribution is 5.97. The van der Waals surface area contributed by atoms with E-state index in [-0.39, 0.29) is 5.91 Å². The number of primary amides is 1. The summed E-state index contributed by atoms with van der Waals surface area (Å²) in [5.74, 6) is -0.136. The number of nitrogens with one attached hydrogen (secondary N) is 1. The van der Waals surface area contributed by atoms with Gasteiger partial charge in [-0.3, -0.25) is 9.59 Å². The summed E-state index contributed by atoms with van der Waals surface area (Å²) in [6.07, 6.45) is 0.158. The molecule has 120 valence electrons. The normalized spacial score (nSPS) is 11.6. The first-order valence-electron chi connectivity index (χ1n) is 7.46. The van der Waals surface area contributed by atoms with E-state index in [1.807, 2.05) is 31.2 Å². The highest BCUT2D eigenvalue weighted by Crippen LogP contribution is 2.20. The van der Waals surface area contributed by atoms with Gasteiger partial charge in [-0.1, -0.05) is 31.2 Å². The van der Waals surface area contributed by atoms with Crippen LogP contribution in [0.1, 0.15) is 29.8 Å². The molecule has 3 N–H and O–H groups in total. The lowest BCUT2D eigenvalue weighted by Crippen LogP contribution is -2.30. The predicted molar refractivity (Wildman–Crippen MR) is 89.5 cm³/mol. The molecular formula is C18H20N2O3. The van der Waals surface area contributed by atoms with E-state index in [9.17, 15) is 9.59 Å². The smallest absolute Gasteiger partial charge is 0.265 e. The van der Waals surface area contributed by atoms with Crippen molar-refractivity contribution in [1.82, 2.24) is 0 Å². The second-order valence-electron chi connectivity index (χ2n) is 5.16. The van der Waals surface area contributed by atoms with Gasteiger partial charge in [0.15, 0.2) is 6.10 Å². The van der Waals surface area contributed by atoms with Gasteiger partial charge in [-0.15, -0.1) is 0 Å². The molecule has 5 heteroatoms. The minimum Gasteiger partial charge on any atom is -0.481 e. The lowest BCUT2D eigenvalue weighted by Gasteiger charge is -2.17. The molecule has 2 aromatic carbocycles. The first-order chi connectivity index (χ1) is 11.0. The molecule has 0 aliphatic rings. The van der Waals surface area contributed by atoms with Gasteiger partial charge in [0.05, 0.1) is 0 Å². The maximum absolute atomic E-state index is 12.2. The van der Waals surface area contributed by atoms with E-state index in [1.165, 1.54) is 6.07 Å². The van der Waals surface area contributed by atoms with Crippen molar-refractivity contribution in [2.75, 3.05) is 5.32 Å². The van der Waals surface area contributed by atoms with Crippen LogP contribution in [-0.4, -0.2) is 17.9 Å². The Labute approximate surface area is 135 Å². The Kier molecular flexibility index (Phi) is 5.36. The number of benzene rings is 2. The first-order valence-corrected chi connectivity index (χ1v) is 7.46. The summed E-state index contributed by atoms with van der Waals surface area (Å²) in [5, 5.41) is 2.72. The number of hydrogen-bond acceptors (Lipinski definition) is 3. The summed E-state index contributed by atoms with van der Waals surface area (Å²) in [6.45, 7) is 3.71. The van der Waals surface area contributed by atoms with Crippen molar-refractivity contribution < 1.29 is 14.3 Å². The number of anilines is 1. The van der Waals surface area contributed by atoms with E-state index in [1.54, 1.807) is 25.1 Å². The number of amides is 2. The molecule has 1 atom stereocenters. The average molecular weight is 312 g/mol. The van der Waals surface area contributed by atoms with Crippen LogP contribution in [0.2, 0.25) is 0 Å². The van der Waals surface area contributed by atoms with Crippen LogP contribution in [0.4, 0.5) is 5.69 Å². The van der Waals surface area contributed by atoms with Gasteiger partial charge in [0.2, 0.25) is 5.91 Å². The number of rotatable bonds is 6. The highest BCUT2D eigenvalue weighted by atomic mass is 16.5. The van der Waals surface area contributed by atoms with Crippen LogP contribution in [0.25, 0.3) is 0 Å². The third kappa shape index (κ3) is 4.32. The summed E-state index contributed by atoms with van der Waals surface area (Å²) in [4.78, 5) is 23.4. The van der Waals surface area contributed by atoms with Gasteiger partial charge in [-0.05, 0) is 43.2 Å². The van der Waals surface area contributed by atoms with E-state index < -0.39 is 12.0 Å². The quantitative estimate of drug-likeness (QED) is 0.860. The van der Waals surface area contributed by atoms with Gasteiger partial charge >= 0.3 is 0 Å². The molecule has 0 heterocycles. The molecule has 0 unspecified atom stereocenters. The molecule has 2 amide bonds. The number of carbonyl (C=O) groups is 2. The van der Waals surface area contributed by atoms with E-state index in [0.717, 1.165) is 12.0 Å². The molecule has 23 heavy (non-hydrogen) atoms.